The predicted molar refractivity (Wildman–Crippen MR) is 172 cm³/mol. The van der Waals surface area contributed by atoms with Crippen LogP contribution < -0.4 is 0 Å². The number of alkyl halides is 3. The number of halogens is 4. The van der Waals surface area contributed by atoms with Crippen molar-refractivity contribution in [3.8, 4) is 34.0 Å². The van der Waals surface area contributed by atoms with E-state index in [1.54, 1.807) is 57.6 Å². The number of fused-ring (bicyclic) bond motifs is 1. The van der Waals surface area contributed by atoms with Crippen LogP contribution in [0.2, 0.25) is 0 Å². The second-order valence-corrected chi connectivity index (χ2v) is 12.8. The summed E-state index contributed by atoms with van der Waals surface area (Å²) in [6, 6.07) is 14.1. The summed E-state index contributed by atoms with van der Waals surface area (Å²) < 4.78 is 70.5. The molecule has 12 heteroatoms. The van der Waals surface area contributed by atoms with Crippen molar-refractivity contribution in [3.05, 3.63) is 77.9 Å². The second-order valence-electron chi connectivity index (χ2n) is 12.8. The summed E-state index contributed by atoms with van der Waals surface area (Å²) in [7, 11) is 1.54. The van der Waals surface area contributed by atoms with Crippen LogP contribution in [0, 0.1) is 11.7 Å². The lowest BCUT2D eigenvalue weighted by Crippen LogP contribution is -2.39. The molecule has 0 saturated heterocycles. The number of oxazole rings is 1. The molecule has 1 N–H and O–H groups in total. The van der Waals surface area contributed by atoms with Gasteiger partial charge in [0.1, 0.15) is 23.2 Å². The van der Waals surface area contributed by atoms with Gasteiger partial charge in [-0.3, -0.25) is 4.90 Å². The van der Waals surface area contributed by atoms with Crippen LogP contribution in [0.4, 0.5) is 17.6 Å². The highest BCUT2D eigenvalue weighted by atomic mass is 19.4. The molecule has 3 aromatic carbocycles. The third kappa shape index (κ3) is 8.43. The molecule has 0 saturated carbocycles. The summed E-state index contributed by atoms with van der Waals surface area (Å²) in [4.78, 5) is 6.32. The lowest BCUT2D eigenvalue weighted by Gasteiger charge is -2.29. The molecule has 5 rings (SSSR count). The number of nitrogens with zero attached hydrogens (tertiary/aromatic N) is 5. The maximum Gasteiger partial charge on any atom is 0.420 e. The molecule has 2 aromatic heterocycles. The summed E-state index contributed by atoms with van der Waals surface area (Å²) in [5.41, 5.74) is 0.402. The van der Waals surface area contributed by atoms with E-state index in [0.717, 1.165) is 12.5 Å². The van der Waals surface area contributed by atoms with Crippen LogP contribution in [-0.4, -0.2) is 62.2 Å². The molecule has 47 heavy (non-hydrogen) atoms. The van der Waals surface area contributed by atoms with E-state index in [9.17, 15) is 22.7 Å². The molecular formula is C35H39F4N5O3. The van der Waals surface area contributed by atoms with Crippen molar-refractivity contribution in [2.45, 2.75) is 59.0 Å². The predicted octanol–water partition coefficient (Wildman–Crippen LogP) is 7.84. The monoisotopic (exact) mass is 653 g/mol. The van der Waals surface area contributed by atoms with Crippen molar-refractivity contribution in [3.63, 3.8) is 0 Å². The quantitative estimate of drug-likeness (QED) is 0.130. The van der Waals surface area contributed by atoms with Crippen molar-refractivity contribution in [2.24, 2.45) is 5.92 Å². The van der Waals surface area contributed by atoms with Crippen molar-refractivity contribution >= 4 is 11.1 Å². The fourth-order valence-corrected chi connectivity index (χ4v) is 5.55. The summed E-state index contributed by atoms with van der Waals surface area (Å²) >= 11 is 0. The fraction of sp³-hybridized carbons (Fsp3) is 0.400. The van der Waals surface area contributed by atoms with Gasteiger partial charge in [0.25, 0.3) is 0 Å². The van der Waals surface area contributed by atoms with Gasteiger partial charge in [-0.2, -0.15) is 13.2 Å². The minimum atomic E-state index is -4.70. The molecule has 0 spiro atoms. The van der Waals surface area contributed by atoms with Crippen LogP contribution in [0.3, 0.4) is 0 Å². The highest BCUT2D eigenvalue weighted by molar-refractivity contribution is 5.84. The number of rotatable bonds is 13. The van der Waals surface area contributed by atoms with E-state index < -0.39 is 23.2 Å². The van der Waals surface area contributed by atoms with Crippen LogP contribution in [0.5, 0.6) is 0 Å². The molecule has 250 valence electrons. The molecule has 0 aliphatic carbocycles. The Morgan fingerprint density at radius 3 is 2.49 bits per heavy atom. The van der Waals surface area contributed by atoms with Crippen LogP contribution in [-0.2, 0) is 24.0 Å². The maximum absolute atomic E-state index is 14.6. The molecule has 0 aliphatic rings. The number of ether oxygens (including phenoxy) is 1. The van der Waals surface area contributed by atoms with E-state index >= 15 is 0 Å². The number of aliphatic hydroxyl groups is 1. The Balaban J connectivity index is 1.54. The first kappa shape index (κ1) is 34.2. The van der Waals surface area contributed by atoms with Gasteiger partial charge in [0.15, 0.2) is 11.4 Å². The Hall–Kier alpha value is -4.13. The lowest BCUT2D eigenvalue weighted by molar-refractivity contribution is -0.136. The minimum absolute atomic E-state index is 0.0148. The fourth-order valence-electron chi connectivity index (χ4n) is 5.55. The largest absolute Gasteiger partial charge is 0.435 e. The van der Waals surface area contributed by atoms with Crippen LogP contribution in [0.25, 0.3) is 45.1 Å². The second kappa shape index (κ2) is 13.9. The molecule has 2 heterocycles. The Kier molecular flexibility index (Phi) is 10.1. The molecule has 0 atom stereocenters. The molecule has 5 aromatic rings. The standard InChI is InChI=1S/C35H39F4N5O3/c1-22(2)11-12-44-21-40-42-32(44)28-18-26(36)9-10-27(28)24-7-6-8-25(17-24)33-41-30-16-23(15-29(31(30)47-33)35(37,38)39)19-43(13-14-46-5)20-34(3,4)45/h6-10,15-18,21-22,45H,11-14,19-20H2,1-5H3. The van der Waals surface area contributed by atoms with Gasteiger partial charge in [0, 0.05) is 44.4 Å². The van der Waals surface area contributed by atoms with Crippen LogP contribution >= 0.6 is 0 Å². The maximum atomic E-state index is 14.6. The first-order valence-corrected chi connectivity index (χ1v) is 15.4. The van der Waals surface area contributed by atoms with E-state index in [1.165, 1.54) is 12.1 Å². The van der Waals surface area contributed by atoms with Crippen LogP contribution in [0.1, 0.15) is 45.2 Å². The topological polar surface area (TPSA) is 89.4 Å². The van der Waals surface area contributed by atoms with Gasteiger partial charge in [-0.15, -0.1) is 10.2 Å². The number of methoxy groups -OCH3 is 1. The third-order valence-electron chi connectivity index (χ3n) is 7.69. The van der Waals surface area contributed by atoms with Gasteiger partial charge < -0.3 is 18.8 Å². The molecular weight excluding hydrogens is 614 g/mol. The highest BCUT2D eigenvalue weighted by Crippen LogP contribution is 2.39. The van der Waals surface area contributed by atoms with Gasteiger partial charge in [-0.25, -0.2) is 9.37 Å². The average Bonchev–Trinajstić information content (AvgIpc) is 3.64. The molecule has 0 bridgehead atoms. The van der Waals surface area contributed by atoms with Crippen LogP contribution in [0.15, 0.2) is 65.3 Å². The third-order valence-corrected chi connectivity index (χ3v) is 7.69. The number of hydrogen-bond acceptors (Lipinski definition) is 7. The van der Waals surface area contributed by atoms with E-state index in [2.05, 4.69) is 29.0 Å². The van der Waals surface area contributed by atoms with E-state index in [4.69, 9.17) is 9.15 Å². The van der Waals surface area contributed by atoms with E-state index in [0.29, 0.717) is 59.3 Å². The number of hydrogen-bond donors (Lipinski definition) is 1. The highest BCUT2D eigenvalue weighted by Gasteiger charge is 2.36. The van der Waals surface area contributed by atoms with Crippen molar-refractivity contribution < 1.29 is 31.8 Å². The van der Waals surface area contributed by atoms with Gasteiger partial charge in [0.2, 0.25) is 5.89 Å². The number of benzene rings is 3. The Morgan fingerprint density at radius 1 is 1.02 bits per heavy atom. The summed E-state index contributed by atoms with van der Waals surface area (Å²) in [6.45, 7) is 9.29. The van der Waals surface area contributed by atoms with E-state index in [1.807, 2.05) is 15.5 Å². The lowest BCUT2D eigenvalue weighted by atomic mass is 9.97. The van der Waals surface area contributed by atoms with Crippen molar-refractivity contribution in [1.82, 2.24) is 24.6 Å². The smallest absolute Gasteiger partial charge is 0.420 e. The summed E-state index contributed by atoms with van der Waals surface area (Å²) in [6.07, 6.45) is -2.20. The first-order valence-electron chi connectivity index (χ1n) is 15.4. The Morgan fingerprint density at radius 2 is 1.79 bits per heavy atom. The van der Waals surface area contributed by atoms with Gasteiger partial charge in [0.05, 0.1) is 12.2 Å². The first-order chi connectivity index (χ1) is 22.2. The zero-order valence-electron chi connectivity index (χ0n) is 27.1. The summed E-state index contributed by atoms with van der Waals surface area (Å²) in [5.74, 6) is 0.539. The number of aromatic nitrogens is 4. The Labute approximate surface area is 271 Å². The molecule has 8 nitrogen and oxygen atoms in total. The van der Waals surface area contributed by atoms with Crippen molar-refractivity contribution in [1.29, 1.82) is 0 Å². The molecule has 0 amide bonds. The molecule has 0 fully saturated rings. The SMILES string of the molecule is COCCN(Cc1cc(C(F)(F)F)c2oc(-c3cccc(-c4ccc(F)cc4-c4nncn4CCC(C)C)c3)nc2c1)CC(C)(C)O. The molecule has 0 unspecified atom stereocenters. The average molecular weight is 654 g/mol. The molecule has 0 radical (unpaired) electrons. The van der Waals surface area contributed by atoms with Gasteiger partial charge >= 0.3 is 6.18 Å². The molecule has 0 aliphatic heterocycles. The number of aryl methyl sites for hydroxylation is 1. The van der Waals surface area contributed by atoms with Crippen molar-refractivity contribution in [2.75, 3.05) is 26.8 Å². The zero-order valence-corrected chi connectivity index (χ0v) is 27.1. The zero-order chi connectivity index (χ0) is 33.9. The van der Waals surface area contributed by atoms with E-state index in [-0.39, 0.29) is 30.1 Å². The Bertz CT molecular complexity index is 1820. The van der Waals surface area contributed by atoms with Gasteiger partial charge in [-0.1, -0.05) is 32.0 Å². The normalized spacial score (nSPS) is 12.6. The minimum Gasteiger partial charge on any atom is -0.435 e. The summed E-state index contributed by atoms with van der Waals surface area (Å²) in [5, 5.41) is 18.7. The van der Waals surface area contributed by atoms with Gasteiger partial charge in [-0.05, 0) is 79.3 Å².